The zero-order chi connectivity index (χ0) is 9.26. The molecular formula is C12H18S. The van der Waals surface area contributed by atoms with E-state index < -0.39 is 0 Å². The normalized spacial score (nSPS) is 26.3. The largest absolute Gasteiger partial charge is 0.152 e. The van der Waals surface area contributed by atoms with Gasteiger partial charge < -0.3 is 0 Å². The molecule has 1 heteroatoms. The van der Waals surface area contributed by atoms with Gasteiger partial charge in [-0.1, -0.05) is 20.3 Å². The van der Waals surface area contributed by atoms with Crippen LogP contribution in [0.2, 0.25) is 0 Å². The van der Waals surface area contributed by atoms with Crippen LogP contribution in [-0.2, 0) is 12.8 Å². The lowest BCUT2D eigenvalue weighted by Crippen LogP contribution is -1.91. The van der Waals surface area contributed by atoms with E-state index in [1.54, 1.807) is 11.1 Å². The molecule has 1 aromatic rings. The first kappa shape index (κ1) is 9.26. The van der Waals surface area contributed by atoms with Crippen molar-refractivity contribution >= 4 is 11.3 Å². The first-order chi connectivity index (χ1) is 6.35. The Bertz CT molecular complexity index is 274. The molecule has 1 saturated carbocycles. The molecule has 2 atom stereocenters. The number of hydrogen-bond donors (Lipinski definition) is 0. The molecule has 0 spiro atoms. The van der Waals surface area contributed by atoms with Crippen molar-refractivity contribution in [1.29, 1.82) is 0 Å². The van der Waals surface area contributed by atoms with Gasteiger partial charge in [-0.3, -0.25) is 0 Å². The Morgan fingerprint density at radius 3 is 2.62 bits per heavy atom. The predicted molar refractivity (Wildman–Crippen MR) is 59.3 cm³/mol. The molecule has 1 aliphatic carbocycles. The summed E-state index contributed by atoms with van der Waals surface area (Å²) in [6.07, 6.45) is 5.43. The van der Waals surface area contributed by atoms with Crippen molar-refractivity contribution in [3.8, 4) is 0 Å². The summed E-state index contributed by atoms with van der Waals surface area (Å²) in [5, 5.41) is 4.67. The van der Waals surface area contributed by atoms with Gasteiger partial charge >= 0.3 is 0 Å². The van der Waals surface area contributed by atoms with Gasteiger partial charge in [0, 0.05) is 0 Å². The lowest BCUT2D eigenvalue weighted by molar-refractivity contribution is 0.676. The van der Waals surface area contributed by atoms with Crippen molar-refractivity contribution in [2.45, 2.75) is 39.5 Å². The van der Waals surface area contributed by atoms with E-state index in [1.807, 2.05) is 11.3 Å². The van der Waals surface area contributed by atoms with Crippen molar-refractivity contribution in [1.82, 2.24) is 0 Å². The molecule has 2 rings (SSSR count). The van der Waals surface area contributed by atoms with Gasteiger partial charge in [-0.25, -0.2) is 0 Å². The molecule has 72 valence electrons. The van der Waals surface area contributed by atoms with Gasteiger partial charge in [0.05, 0.1) is 0 Å². The highest BCUT2D eigenvalue weighted by molar-refractivity contribution is 7.08. The third-order valence-corrected chi connectivity index (χ3v) is 4.13. The molecule has 1 heterocycles. The minimum atomic E-state index is 1.02. The van der Waals surface area contributed by atoms with Crippen LogP contribution in [0.5, 0.6) is 0 Å². The fraction of sp³-hybridized carbons (Fsp3) is 0.667. The first-order valence-electron chi connectivity index (χ1n) is 5.39. The molecule has 0 aliphatic heterocycles. The molecule has 1 aliphatic rings. The van der Waals surface area contributed by atoms with Gasteiger partial charge in [-0.15, -0.1) is 0 Å². The van der Waals surface area contributed by atoms with Crippen molar-refractivity contribution in [2.24, 2.45) is 11.8 Å². The number of hydrogen-bond acceptors (Lipinski definition) is 1. The van der Waals surface area contributed by atoms with Gasteiger partial charge in [0.2, 0.25) is 0 Å². The van der Waals surface area contributed by atoms with E-state index in [9.17, 15) is 0 Å². The van der Waals surface area contributed by atoms with Crippen LogP contribution in [0, 0.1) is 11.8 Å². The van der Waals surface area contributed by atoms with Gasteiger partial charge in [-0.2, -0.15) is 11.3 Å². The summed E-state index contributed by atoms with van der Waals surface area (Å²) in [5.74, 6) is 2.06. The minimum Gasteiger partial charge on any atom is -0.152 e. The Kier molecular flexibility index (Phi) is 2.73. The minimum absolute atomic E-state index is 1.02. The summed E-state index contributed by atoms with van der Waals surface area (Å²) in [6, 6.07) is 0. The first-order valence-corrected chi connectivity index (χ1v) is 6.33. The topological polar surface area (TPSA) is 0 Å². The van der Waals surface area contributed by atoms with Crippen molar-refractivity contribution in [3.63, 3.8) is 0 Å². The number of aryl methyl sites for hydroxylation is 1. The van der Waals surface area contributed by atoms with Crippen LogP contribution in [0.3, 0.4) is 0 Å². The zero-order valence-electron chi connectivity index (χ0n) is 8.55. The van der Waals surface area contributed by atoms with Gasteiger partial charge in [0.15, 0.2) is 0 Å². The molecular weight excluding hydrogens is 176 g/mol. The van der Waals surface area contributed by atoms with E-state index in [-0.39, 0.29) is 0 Å². The van der Waals surface area contributed by atoms with Gasteiger partial charge in [-0.05, 0) is 53.0 Å². The molecule has 13 heavy (non-hydrogen) atoms. The molecule has 0 aromatic carbocycles. The average molecular weight is 194 g/mol. The quantitative estimate of drug-likeness (QED) is 0.682. The van der Waals surface area contributed by atoms with E-state index in [0.717, 1.165) is 11.8 Å². The second-order valence-electron chi connectivity index (χ2n) is 4.14. The lowest BCUT2D eigenvalue weighted by Gasteiger charge is -2.00. The highest BCUT2D eigenvalue weighted by Gasteiger charge is 2.35. The summed E-state index contributed by atoms with van der Waals surface area (Å²) in [7, 11) is 0. The Labute approximate surface area is 85.0 Å². The van der Waals surface area contributed by atoms with Crippen LogP contribution in [-0.4, -0.2) is 0 Å². The molecule has 1 fully saturated rings. The van der Waals surface area contributed by atoms with E-state index in [2.05, 4.69) is 24.6 Å². The predicted octanol–water partition coefficient (Wildman–Crippen LogP) is 3.90. The highest BCUT2D eigenvalue weighted by Crippen LogP contribution is 2.43. The fourth-order valence-corrected chi connectivity index (χ4v) is 3.14. The van der Waals surface area contributed by atoms with Crippen LogP contribution in [0.25, 0.3) is 0 Å². The van der Waals surface area contributed by atoms with E-state index in [1.165, 1.54) is 25.7 Å². The molecule has 0 bridgehead atoms. The van der Waals surface area contributed by atoms with Crippen LogP contribution in [0.4, 0.5) is 0 Å². The van der Waals surface area contributed by atoms with Crippen LogP contribution >= 0.6 is 11.3 Å². The molecule has 0 saturated heterocycles. The molecule has 0 nitrogen and oxygen atoms in total. The van der Waals surface area contributed by atoms with E-state index in [4.69, 9.17) is 0 Å². The van der Waals surface area contributed by atoms with Crippen molar-refractivity contribution in [2.75, 3.05) is 0 Å². The molecule has 2 unspecified atom stereocenters. The highest BCUT2D eigenvalue weighted by atomic mass is 32.1. The standard InChI is InChI=1S/C12H18S/c1-3-9-5-11(9)6-12-8-13-7-10(12)4-2/h7-9,11H,3-6H2,1-2H3. The van der Waals surface area contributed by atoms with Crippen molar-refractivity contribution in [3.05, 3.63) is 21.9 Å². The Hall–Kier alpha value is -0.300. The summed E-state index contributed by atoms with van der Waals surface area (Å²) in [5.41, 5.74) is 3.22. The third-order valence-electron chi connectivity index (χ3n) is 3.29. The summed E-state index contributed by atoms with van der Waals surface area (Å²) in [6.45, 7) is 4.58. The lowest BCUT2D eigenvalue weighted by atomic mass is 10.0. The Morgan fingerprint density at radius 1 is 1.23 bits per heavy atom. The maximum Gasteiger partial charge on any atom is -0.00583 e. The molecule has 0 amide bonds. The van der Waals surface area contributed by atoms with Gasteiger partial charge in [0.25, 0.3) is 0 Å². The van der Waals surface area contributed by atoms with Crippen LogP contribution in [0.15, 0.2) is 10.8 Å². The number of thiophene rings is 1. The summed E-state index contributed by atoms with van der Waals surface area (Å²) >= 11 is 1.87. The Balaban J connectivity index is 1.95. The second-order valence-corrected chi connectivity index (χ2v) is 4.89. The fourth-order valence-electron chi connectivity index (χ4n) is 2.18. The maximum atomic E-state index is 2.35. The smallest absolute Gasteiger partial charge is 0.00583 e. The van der Waals surface area contributed by atoms with Crippen LogP contribution in [0.1, 0.15) is 37.8 Å². The SMILES string of the molecule is CCc1cscc1CC1CC1CC. The second kappa shape index (κ2) is 3.83. The summed E-state index contributed by atoms with van der Waals surface area (Å²) in [4.78, 5) is 0. The van der Waals surface area contributed by atoms with E-state index in [0.29, 0.717) is 0 Å². The maximum absolute atomic E-state index is 2.35. The summed E-state index contributed by atoms with van der Waals surface area (Å²) < 4.78 is 0. The Morgan fingerprint density at radius 2 is 2.00 bits per heavy atom. The monoisotopic (exact) mass is 194 g/mol. The molecule has 0 N–H and O–H groups in total. The molecule has 0 radical (unpaired) electrons. The third kappa shape index (κ3) is 1.96. The zero-order valence-corrected chi connectivity index (χ0v) is 9.36. The van der Waals surface area contributed by atoms with E-state index >= 15 is 0 Å². The number of rotatable bonds is 4. The van der Waals surface area contributed by atoms with Crippen LogP contribution < -0.4 is 0 Å². The van der Waals surface area contributed by atoms with Gasteiger partial charge in [0.1, 0.15) is 0 Å². The molecule has 1 aromatic heterocycles. The average Bonchev–Trinajstić information content (AvgIpc) is 2.74. The van der Waals surface area contributed by atoms with Crippen molar-refractivity contribution < 1.29 is 0 Å².